The van der Waals surface area contributed by atoms with E-state index in [4.69, 9.17) is 14.7 Å². The van der Waals surface area contributed by atoms with Crippen LogP contribution in [-0.2, 0) is 20.8 Å². The Labute approximate surface area is 310 Å². The quantitative estimate of drug-likeness (QED) is 0.106. The summed E-state index contributed by atoms with van der Waals surface area (Å²) in [5, 5.41) is 19.4. The number of ether oxygens (including phenoxy) is 1. The smallest absolute Gasteiger partial charge is 0.320 e. The summed E-state index contributed by atoms with van der Waals surface area (Å²) in [6.45, 7) is 10.5. The van der Waals surface area contributed by atoms with Crippen LogP contribution >= 0.6 is 0 Å². The number of urea groups is 1. The van der Waals surface area contributed by atoms with Crippen LogP contribution in [0.3, 0.4) is 0 Å². The number of hydrogen-bond donors (Lipinski definition) is 3. The molecule has 0 saturated carbocycles. The number of nitrogens with zero attached hydrogens (tertiary/aromatic N) is 7. The molecule has 4 aromatic rings. The zero-order valence-electron chi connectivity index (χ0n) is 31.2. The molecule has 53 heavy (non-hydrogen) atoms. The van der Waals surface area contributed by atoms with E-state index in [2.05, 4.69) is 49.7 Å². The normalized spacial score (nSPS) is 21.4. The molecule has 4 atom stereocenters. The Hall–Kier alpha value is -4.96. The van der Waals surface area contributed by atoms with Crippen molar-refractivity contribution < 1.29 is 22.1 Å². The van der Waals surface area contributed by atoms with Crippen LogP contribution in [0.1, 0.15) is 90.0 Å². The lowest BCUT2D eigenvalue weighted by Gasteiger charge is -2.39. The topological polar surface area (TPSA) is 183 Å². The Bertz CT molecular complexity index is 2090. The number of amidine groups is 1. The Morgan fingerprint density at radius 1 is 1.04 bits per heavy atom. The molecule has 15 nitrogen and oxygen atoms in total. The molecule has 0 radical (unpaired) electrons. The summed E-state index contributed by atoms with van der Waals surface area (Å²) >= 11 is 0. The summed E-state index contributed by atoms with van der Waals surface area (Å²) in [4.78, 5) is 20.5. The number of allylic oxidation sites excluding steroid dienone is 1. The number of nitrogens with one attached hydrogen (secondary N) is 2. The van der Waals surface area contributed by atoms with E-state index in [1.165, 1.54) is 11.1 Å². The van der Waals surface area contributed by atoms with Gasteiger partial charge in [0.2, 0.25) is 5.95 Å². The van der Waals surface area contributed by atoms with E-state index in [0.29, 0.717) is 42.2 Å². The SMILES string of the molecule is CC1CCC[C@H](C)N1c1nnc2ccc(OC3CCC(NC(=O)NC(C=C(N)C(C)(C)C)=Nc4ccn(CCOS(C)(=O)=O)n4)c4ccccc43)cn12. The molecule has 1 aliphatic heterocycles. The average Bonchev–Trinajstić information content (AvgIpc) is 3.71. The molecule has 1 aliphatic carbocycles. The third-order valence-electron chi connectivity index (χ3n) is 9.68. The number of aliphatic imine (C=N–C) groups is 1. The number of carbonyl (C=O) groups is 1. The maximum atomic E-state index is 13.6. The number of hydrogen-bond acceptors (Lipinski definition) is 11. The van der Waals surface area contributed by atoms with Crippen molar-refractivity contribution in [3.05, 3.63) is 77.8 Å². The molecule has 3 unspecified atom stereocenters. The van der Waals surface area contributed by atoms with Gasteiger partial charge in [0, 0.05) is 41.5 Å². The van der Waals surface area contributed by atoms with E-state index in [0.717, 1.165) is 41.8 Å². The van der Waals surface area contributed by atoms with Gasteiger partial charge < -0.3 is 20.7 Å². The number of aromatic nitrogens is 5. The molecule has 0 bridgehead atoms. The Balaban J connectivity index is 1.17. The second-order valence-corrected chi connectivity index (χ2v) is 16.5. The van der Waals surface area contributed by atoms with Crippen LogP contribution < -0.4 is 26.0 Å². The van der Waals surface area contributed by atoms with Crippen molar-refractivity contribution in [2.45, 2.75) is 97.5 Å². The molecule has 4 N–H and O–H groups in total. The van der Waals surface area contributed by atoms with Crippen molar-refractivity contribution in [3.8, 4) is 5.75 Å². The summed E-state index contributed by atoms with van der Waals surface area (Å²) < 4.78 is 37.6. The maximum Gasteiger partial charge on any atom is 0.320 e. The van der Waals surface area contributed by atoms with Gasteiger partial charge in [-0.25, -0.2) is 9.79 Å². The number of carbonyl (C=O) groups excluding carboxylic acids is 1. The van der Waals surface area contributed by atoms with Gasteiger partial charge in [0.25, 0.3) is 10.1 Å². The van der Waals surface area contributed by atoms with Crippen LogP contribution in [0.5, 0.6) is 5.75 Å². The first-order chi connectivity index (χ1) is 25.1. The zero-order valence-corrected chi connectivity index (χ0v) is 32.0. The molecule has 6 rings (SSSR count). The van der Waals surface area contributed by atoms with Gasteiger partial charge in [0.1, 0.15) is 17.7 Å². The molecule has 2 aliphatic rings. The monoisotopic (exact) mass is 746 g/mol. The van der Waals surface area contributed by atoms with Crippen molar-refractivity contribution >= 4 is 39.4 Å². The average molecular weight is 747 g/mol. The summed E-state index contributed by atoms with van der Waals surface area (Å²) in [6, 6.07) is 13.5. The van der Waals surface area contributed by atoms with Gasteiger partial charge in [-0.15, -0.1) is 10.2 Å². The molecule has 0 spiro atoms. The first kappa shape index (κ1) is 37.8. The van der Waals surface area contributed by atoms with Gasteiger partial charge in [-0.05, 0) is 69.2 Å². The number of nitrogens with two attached hydrogens (primary N) is 1. The Morgan fingerprint density at radius 3 is 2.49 bits per heavy atom. The molecule has 1 fully saturated rings. The van der Waals surface area contributed by atoms with Gasteiger partial charge in [0.05, 0.1) is 31.6 Å². The largest absolute Gasteiger partial charge is 0.484 e. The highest BCUT2D eigenvalue weighted by Gasteiger charge is 2.31. The number of rotatable bonds is 10. The van der Waals surface area contributed by atoms with Crippen LogP contribution in [0.2, 0.25) is 0 Å². The second-order valence-electron chi connectivity index (χ2n) is 14.9. The first-order valence-electron chi connectivity index (χ1n) is 18.0. The molecular weight excluding hydrogens is 697 g/mol. The highest BCUT2D eigenvalue weighted by Crippen LogP contribution is 2.39. The van der Waals surface area contributed by atoms with Crippen LogP contribution in [-0.4, -0.2) is 69.6 Å². The molecule has 4 heterocycles. The van der Waals surface area contributed by atoms with Crippen LogP contribution in [0.25, 0.3) is 5.65 Å². The zero-order chi connectivity index (χ0) is 37.9. The third-order valence-corrected chi connectivity index (χ3v) is 10.3. The van der Waals surface area contributed by atoms with Crippen LogP contribution in [0.4, 0.5) is 16.6 Å². The standard InChI is InChI=1S/C37H50N10O5S/c1-24-10-9-11-25(2)47(24)36-43-42-34-17-14-26(23-46(34)36)52-30-16-15-29(27-12-7-8-13-28(27)30)39-35(48)41-33(22-31(38)37(3,4)5)40-32-18-19-45(44-32)20-21-51-53(6,49)50/h7-8,12-14,17-19,22-25,29-30H,9-11,15-16,20-21,38H2,1-6H3,(H2,39,40,41,44,48)/t24-,25?,29?,30?/m0/s1. The number of fused-ring (bicyclic) bond motifs is 2. The lowest BCUT2D eigenvalue weighted by molar-refractivity contribution is 0.171. The molecular formula is C37H50N10O5S. The summed E-state index contributed by atoms with van der Waals surface area (Å²) in [6.07, 6.45) is 10.8. The minimum absolute atomic E-state index is 0.0709. The van der Waals surface area contributed by atoms with Crippen LogP contribution in [0.15, 0.2) is 71.6 Å². The van der Waals surface area contributed by atoms with E-state index in [-0.39, 0.29) is 36.5 Å². The lowest BCUT2D eigenvalue weighted by Crippen LogP contribution is -2.44. The summed E-state index contributed by atoms with van der Waals surface area (Å²) in [5.41, 5.74) is 9.26. The minimum atomic E-state index is -3.57. The molecule has 2 amide bonds. The highest BCUT2D eigenvalue weighted by atomic mass is 32.2. The van der Waals surface area contributed by atoms with Gasteiger partial charge in [-0.1, -0.05) is 45.0 Å². The fourth-order valence-electron chi connectivity index (χ4n) is 6.82. The van der Waals surface area contributed by atoms with E-state index >= 15 is 0 Å². The lowest BCUT2D eigenvalue weighted by atomic mass is 9.85. The molecule has 3 aromatic heterocycles. The van der Waals surface area contributed by atoms with Crippen molar-refractivity contribution in [1.82, 2.24) is 35.0 Å². The number of piperidine rings is 1. The molecule has 1 saturated heterocycles. The van der Waals surface area contributed by atoms with Gasteiger partial charge in [-0.2, -0.15) is 13.5 Å². The minimum Gasteiger partial charge on any atom is -0.484 e. The first-order valence-corrected chi connectivity index (χ1v) is 19.9. The van der Waals surface area contributed by atoms with Crippen LogP contribution in [0, 0.1) is 5.41 Å². The number of pyridine rings is 1. The number of benzene rings is 1. The fraction of sp³-hybridized carbons (Fsp3) is 0.486. The third kappa shape index (κ3) is 9.35. The Morgan fingerprint density at radius 2 is 1.77 bits per heavy atom. The van der Waals surface area contributed by atoms with Crippen molar-refractivity contribution in [3.63, 3.8) is 0 Å². The highest BCUT2D eigenvalue weighted by molar-refractivity contribution is 7.85. The molecule has 1 aromatic carbocycles. The second kappa shape index (κ2) is 15.6. The fourth-order valence-corrected chi connectivity index (χ4v) is 7.20. The Kier molecular flexibility index (Phi) is 11.1. The predicted octanol–water partition coefficient (Wildman–Crippen LogP) is 5.54. The van der Waals surface area contributed by atoms with Gasteiger partial charge in [-0.3, -0.25) is 18.6 Å². The van der Waals surface area contributed by atoms with Crippen molar-refractivity contribution in [1.29, 1.82) is 0 Å². The van der Waals surface area contributed by atoms with Crippen molar-refractivity contribution in [2.75, 3.05) is 17.8 Å². The van der Waals surface area contributed by atoms with Gasteiger partial charge in [0.15, 0.2) is 11.5 Å². The molecule has 284 valence electrons. The number of amides is 2. The maximum absolute atomic E-state index is 13.6. The summed E-state index contributed by atoms with van der Waals surface area (Å²) in [5.74, 6) is 2.06. The van der Waals surface area contributed by atoms with Gasteiger partial charge >= 0.3 is 6.03 Å². The van der Waals surface area contributed by atoms with E-state index in [9.17, 15) is 13.2 Å². The van der Waals surface area contributed by atoms with E-state index in [1.807, 2.05) is 67.8 Å². The summed E-state index contributed by atoms with van der Waals surface area (Å²) in [7, 11) is -3.57. The number of anilines is 1. The molecule has 16 heteroatoms. The van der Waals surface area contributed by atoms with E-state index in [1.54, 1.807) is 18.3 Å². The predicted molar refractivity (Wildman–Crippen MR) is 204 cm³/mol. The van der Waals surface area contributed by atoms with Crippen molar-refractivity contribution in [2.24, 2.45) is 16.1 Å². The van der Waals surface area contributed by atoms with E-state index < -0.39 is 16.1 Å².